The zero-order valence-electron chi connectivity index (χ0n) is 24.4. The summed E-state index contributed by atoms with van der Waals surface area (Å²) < 4.78 is 45.2. The van der Waals surface area contributed by atoms with Gasteiger partial charge in [0.25, 0.3) is 10.1 Å². The number of carbonyl (C=O) groups is 3. The van der Waals surface area contributed by atoms with Crippen LogP contribution in [0.25, 0.3) is 0 Å². The Balaban J connectivity index is 2.43. The number of carbonyl (C=O) groups excluding carboxylic acids is 3. The Kier molecular flexibility index (Phi) is 12.1. The zero-order chi connectivity index (χ0) is 30.7. The van der Waals surface area contributed by atoms with Gasteiger partial charge in [0.05, 0.1) is 12.0 Å². The molecule has 2 rings (SSSR count). The molecule has 0 aromatic heterocycles. The number of imide groups is 1. The van der Waals surface area contributed by atoms with Gasteiger partial charge in [-0.3, -0.25) is 4.18 Å². The molecular weight excluding hydrogens is 550 g/mol. The van der Waals surface area contributed by atoms with Crippen LogP contribution in [0.1, 0.15) is 65.5 Å². The smallest absolute Gasteiger partial charge is 0.420 e. The number of allylic oxidation sites excluding steroid dienone is 1. The van der Waals surface area contributed by atoms with Crippen molar-refractivity contribution < 1.29 is 41.2 Å². The predicted molar refractivity (Wildman–Crippen MR) is 153 cm³/mol. The maximum absolute atomic E-state index is 13.7. The summed E-state index contributed by atoms with van der Waals surface area (Å²) in [5, 5.41) is 0.859. The number of hydrogen-bond acceptors (Lipinski definition) is 9. The summed E-state index contributed by atoms with van der Waals surface area (Å²) in [5.41, 5.74) is -0.778. The van der Waals surface area contributed by atoms with E-state index in [2.05, 4.69) is 4.18 Å². The van der Waals surface area contributed by atoms with Crippen LogP contribution in [0.4, 0.5) is 9.59 Å². The minimum absolute atomic E-state index is 0.0247. The highest BCUT2D eigenvalue weighted by Gasteiger charge is 2.41. The number of rotatable bonds is 12. The third-order valence-electron chi connectivity index (χ3n) is 5.55. The summed E-state index contributed by atoms with van der Waals surface area (Å²) in [5.74, 6) is -0.901. The van der Waals surface area contributed by atoms with Crippen LogP contribution >= 0.6 is 0 Å². The van der Waals surface area contributed by atoms with Gasteiger partial charge in [0.2, 0.25) is 0 Å². The fourth-order valence-electron chi connectivity index (χ4n) is 3.64. The Morgan fingerprint density at radius 2 is 1.46 bits per heavy atom. The summed E-state index contributed by atoms with van der Waals surface area (Å²) in [7, 11) is -3.92. The fourth-order valence-corrected chi connectivity index (χ4v) is 4.42. The predicted octanol–water partition coefficient (Wildman–Crippen LogP) is 6.07. The topological polar surface area (TPSA) is 126 Å². The Labute approximate surface area is 242 Å². The van der Waals surface area contributed by atoms with E-state index in [4.69, 9.17) is 14.2 Å². The van der Waals surface area contributed by atoms with E-state index in [-0.39, 0.29) is 26.1 Å². The molecule has 0 bridgehead atoms. The van der Waals surface area contributed by atoms with Crippen molar-refractivity contribution in [1.82, 2.24) is 4.90 Å². The van der Waals surface area contributed by atoms with Crippen LogP contribution in [0, 0.1) is 0 Å². The monoisotopic (exact) mass is 589 g/mol. The van der Waals surface area contributed by atoms with Crippen molar-refractivity contribution >= 4 is 28.3 Å². The molecule has 2 aromatic carbocycles. The minimum atomic E-state index is -3.92. The Hall–Kier alpha value is -3.70. The van der Waals surface area contributed by atoms with Crippen molar-refractivity contribution in [3.8, 4) is 0 Å². The minimum Gasteiger partial charge on any atom is -0.453 e. The third kappa shape index (κ3) is 11.4. The van der Waals surface area contributed by atoms with E-state index in [1.165, 1.54) is 13.0 Å². The molecule has 0 aliphatic rings. The molecule has 0 saturated heterocycles. The van der Waals surface area contributed by atoms with Gasteiger partial charge in [-0.05, 0) is 65.5 Å². The summed E-state index contributed by atoms with van der Waals surface area (Å²) in [4.78, 5) is 41.0. The van der Waals surface area contributed by atoms with Crippen molar-refractivity contribution in [3.05, 3.63) is 83.3 Å². The highest BCUT2D eigenvalue weighted by molar-refractivity contribution is 7.89. The van der Waals surface area contributed by atoms with Gasteiger partial charge in [-0.2, -0.15) is 13.3 Å². The summed E-state index contributed by atoms with van der Waals surface area (Å²) >= 11 is 0. The molecule has 224 valence electrons. The van der Waals surface area contributed by atoms with Gasteiger partial charge in [0.15, 0.2) is 0 Å². The molecule has 0 aliphatic carbocycles. The number of hydrogen-bond donors (Lipinski definition) is 0. The van der Waals surface area contributed by atoms with Crippen LogP contribution in [0.5, 0.6) is 0 Å². The second-order valence-electron chi connectivity index (χ2n) is 10.6. The first-order chi connectivity index (χ1) is 19.1. The van der Waals surface area contributed by atoms with Crippen molar-refractivity contribution in [2.45, 2.75) is 78.2 Å². The number of esters is 1. The molecule has 0 fully saturated rings. The van der Waals surface area contributed by atoms with E-state index in [0.29, 0.717) is 16.0 Å². The van der Waals surface area contributed by atoms with Gasteiger partial charge < -0.3 is 14.2 Å². The lowest BCUT2D eigenvalue weighted by Crippen LogP contribution is -2.52. The summed E-state index contributed by atoms with van der Waals surface area (Å²) in [6.07, 6.45) is -1.16. The average Bonchev–Trinajstić information content (AvgIpc) is 2.88. The molecule has 0 unspecified atom stereocenters. The lowest BCUT2D eigenvalue weighted by molar-refractivity contribution is -0.163. The fraction of sp³-hybridized carbons (Fsp3) is 0.433. The quantitative estimate of drug-likeness (QED) is 0.165. The van der Waals surface area contributed by atoms with Crippen molar-refractivity contribution in [2.24, 2.45) is 0 Å². The van der Waals surface area contributed by atoms with E-state index >= 15 is 0 Å². The van der Waals surface area contributed by atoms with Crippen molar-refractivity contribution in [2.75, 3.05) is 6.61 Å². The SMILES string of the molecule is CCOS(=O)(=O)C=CCC[C@@H](C(=O)OC(C)(C)c1ccccc1)N(C(=O)OCc1ccccc1)C(=O)OC(C)(C)C. The van der Waals surface area contributed by atoms with Crippen LogP contribution in [0.2, 0.25) is 0 Å². The van der Waals surface area contributed by atoms with Gasteiger partial charge >= 0.3 is 18.2 Å². The van der Waals surface area contributed by atoms with Crippen molar-refractivity contribution in [1.29, 1.82) is 0 Å². The Morgan fingerprint density at radius 1 is 0.878 bits per heavy atom. The zero-order valence-corrected chi connectivity index (χ0v) is 25.2. The lowest BCUT2D eigenvalue weighted by Gasteiger charge is -2.33. The van der Waals surface area contributed by atoms with Gasteiger partial charge in [0.1, 0.15) is 23.9 Å². The van der Waals surface area contributed by atoms with Gasteiger partial charge in [-0.1, -0.05) is 66.7 Å². The number of benzene rings is 2. The van der Waals surface area contributed by atoms with Crippen LogP contribution in [0.3, 0.4) is 0 Å². The normalized spacial score (nSPS) is 12.9. The second kappa shape index (κ2) is 14.8. The average molecular weight is 590 g/mol. The molecule has 41 heavy (non-hydrogen) atoms. The van der Waals surface area contributed by atoms with Crippen molar-refractivity contribution in [3.63, 3.8) is 0 Å². The second-order valence-corrected chi connectivity index (χ2v) is 12.0. The first kappa shape index (κ1) is 33.5. The van der Waals surface area contributed by atoms with Gasteiger partial charge in [-0.25, -0.2) is 14.4 Å². The molecule has 0 N–H and O–H groups in total. The maximum Gasteiger partial charge on any atom is 0.420 e. The largest absolute Gasteiger partial charge is 0.453 e. The molecule has 2 amide bonds. The van der Waals surface area contributed by atoms with Gasteiger partial charge in [-0.15, -0.1) is 0 Å². The molecule has 2 aromatic rings. The molecule has 0 aliphatic heterocycles. The first-order valence-corrected chi connectivity index (χ1v) is 14.7. The maximum atomic E-state index is 13.7. The van der Waals surface area contributed by atoms with Crippen LogP contribution in [-0.2, 0) is 45.5 Å². The van der Waals surface area contributed by atoms with E-state index in [1.54, 1.807) is 89.2 Å². The molecule has 0 spiro atoms. The molecule has 0 saturated carbocycles. The Bertz CT molecular complexity index is 1280. The van der Waals surface area contributed by atoms with E-state index < -0.39 is 45.5 Å². The van der Waals surface area contributed by atoms with E-state index in [1.807, 2.05) is 6.07 Å². The standard InChI is InChI=1S/C30H39NO9S/c1-7-38-41(35,36)21-15-14-20-25(26(32)39-30(5,6)24-18-12-9-13-19-24)31(28(34)40-29(2,3)4)27(33)37-22-23-16-10-8-11-17-23/h8-13,15-19,21,25H,7,14,20,22H2,1-6H3/t25-/m0/s1. The Morgan fingerprint density at radius 3 is 2.02 bits per heavy atom. The van der Waals surface area contributed by atoms with Crippen LogP contribution in [-0.4, -0.2) is 49.7 Å². The number of ether oxygens (including phenoxy) is 3. The number of amides is 2. The van der Waals surface area contributed by atoms with Gasteiger partial charge in [0, 0.05) is 0 Å². The third-order valence-corrected chi connectivity index (χ3v) is 6.64. The highest BCUT2D eigenvalue weighted by atomic mass is 32.2. The number of nitrogens with zero attached hydrogens (tertiary/aromatic N) is 1. The molecule has 10 nitrogen and oxygen atoms in total. The first-order valence-electron chi connectivity index (χ1n) is 13.2. The molecule has 11 heteroatoms. The molecule has 0 radical (unpaired) electrons. The molecule has 1 atom stereocenters. The van der Waals surface area contributed by atoms with Crippen LogP contribution in [0.15, 0.2) is 72.1 Å². The summed E-state index contributed by atoms with van der Waals surface area (Å²) in [6, 6.07) is 16.3. The molecular formula is C30H39NO9S. The van der Waals surface area contributed by atoms with E-state index in [9.17, 15) is 22.8 Å². The van der Waals surface area contributed by atoms with Crippen LogP contribution < -0.4 is 0 Å². The summed E-state index contributed by atoms with van der Waals surface area (Å²) in [6.45, 7) is 9.53. The lowest BCUT2D eigenvalue weighted by atomic mass is 9.98. The highest BCUT2D eigenvalue weighted by Crippen LogP contribution is 2.27. The molecule has 0 heterocycles. The van der Waals surface area contributed by atoms with E-state index in [0.717, 1.165) is 5.41 Å².